The Bertz CT molecular complexity index is 656. The van der Waals surface area contributed by atoms with Crippen LogP contribution >= 0.6 is 0 Å². The van der Waals surface area contributed by atoms with Crippen LogP contribution in [0.25, 0.3) is 0 Å². The summed E-state index contributed by atoms with van der Waals surface area (Å²) in [6.45, 7) is 3.54. The number of nitrogens with two attached hydrogens (primary N) is 1. The molecule has 2 rings (SSSR count). The lowest BCUT2D eigenvalue weighted by molar-refractivity contribution is 0.281. The Balaban J connectivity index is 2.43. The third-order valence-corrected chi connectivity index (χ3v) is 2.99. The van der Waals surface area contributed by atoms with Crippen LogP contribution in [0.15, 0.2) is 24.3 Å². The topological polar surface area (TPSA) is 105 Å². The zero-order valence-electron chi connectivity index (χ0n) is 11.3. The molecule has 6 nitrogen and oxygen atoms in total. The van der Waals surface area contributed by atoms with Crippen molar-refractivity contribution in [3.05, 3.63) is 46.6 Å². The van der Waals surface area contributed by atoms with Gasteiger partial charge < -0.3 is 15.6 Å². The number of amidine groups is 1. The van der Waals surface area contributed by atoms with E-state index in [4.69, 9.17) is 21.0 Å². The highest BCUT2D eigenvalue weighted by atomic mass is 16.5. The lowest BCUT2D eigenvalue weighted by Crippen LogP contribution is -2.16. The Morgan fingerprint density at radius 3 is 2.75 bits per heavy atom. The molecule has 104 valence electrons. The molecule has 20 heavy (non-hydrogen) atoms. The van der Waals surface area contributed by atoms with E-state index in [1.165, 1.54) is 0 Å². The average molecular weight is 272 g/mol. The first-order valence-corrected chi connectivity index (χ1v) is 6.09. The number of hydrogen-bond acceptors (Lipinski definition) is 5. The molecule has 0 unspecified atom stereocenters. The zero-order chi connectivity index (χ0) is 14.7. The fourth-order valence-corrected chi connectivity index (χ4v) is 1.79. The number of aromatic nitrogens is 2. The highest BCUT2D eigenvalue weighted by molar-refractivity contribution is 5.98. The summed E-state index contributed by atoms with van der Waals surface area (Å²) >= 11 is 0. The van der Waals surface area contributed by atoms with Gasteiger partial charge in [-0.3, -0.25) is 5.41 Å². The van der Waals surface area contributed by atoms with Gasteiger partial charge in [-0.25, -0.2) is 0 Å². The normalized spacial score (nSPS) is 10.3. The molecule has 1 aromatic carbocycles. The monoisotopic (exact) mass is 272 g/mol. The first kappa shape index (κ1) is 14.0. The number of benzene rings is 1. The van der Waals surface area contributed by atoms with Gasteiger partial charge in [-0.2, -0.15) is 5.10 Å². The Morgan fingerprint density at radius 2 is 2.10 bits per heavy atom. The van der Waals surface area contributed by atoms with Gasteiger partial charge in [-0.1, -0.05) is 12.1 Å². The van der Waals surface area contributed by atoms with Gasteiger partial charge in [0.2, 0.25) is 5.88 Å². The van der Waals surface area contributed by atoms with Crippen molar-refractivity contribution in [3.63, 3.8) is 0 Å². The second kappa shape index (κ2) is 5.66. The van der Waals surface area contributed by atoms with E-state index >= 15 is 0 Å². The third kappa shape index (κ3) is 2.75. The number of nitrogens with one attached hydrogen (secondary N) is 1. The summed E-state index contributed by atoms with van der Waals surface area (Å²) in [5, 5.41) is 24.7. The second-order valence-corrected chi connectivity index (χ2v) is 4.41. The molecule has 0 spiro atoms. The number of rotatable bonds is 4. The van der Waals surface area contributed by atoms with Crippen LogP contribution in [0.3, 0.4) is 0 Å². The van der Waals surface area contributed by atoms with Crippen LogP contribution in [0, 0.1) is 19.3 Å². The lowest BCUT2D eigenvalue weighted by atomic mass is 10.1. The van der Waals surface area contributed by atoms with E-state index in [-0.39, 0.29) is 18.3 Å². The van der Waals surface area contributed by atoms with Crippen LogP contribution in [0.2, 0.25) is 0 Å². The summed E-state index contributed by atoms with van der Waals surface area (Å²) in [5.74, 6) is 0.584. The van der Waals surface area contributed by atoms with Gasteiger partial charge in [0.15, 0.2) is 0 Å². The fourth-order valence-electron chi connectivity index (χ4n) is 1.79. The molecule has 1 heterocycles. The molecule has 0 radical (unpaired) electrons. The van der Waals surface area contributed by atoms with Crippen molar-refractivity contribution < 1.29 is 9.84 Å². The number of aryl methyl sites for hydroxylation is 1. The number of ether oxygens (including phenoxy) is 1. The lowest BCUT2D eigenvalue weighted by Gasteiger charge is -2.12. The number of hydrogen-bond donors (Lipinski definition) is 3. The molecule has 0 atom stereocenters. The van der Waals surface area contributed by atoms with E-state index in [9.17, 15) is 0 Å². The summed E-state index contributed by atoms with van der Waals surface area (Å²) in [5.41, 5.74) is 8.22. The van der Waals surface area contributed by atoms with Crippen LogP contribution in [-0.2, 0) is 6.61 Å². The maximum Gasteiger partial charge on any atom is 0.250 e. The van der Waals surface area contributed by atoms with Crippen molar-refractivity contribution in [2.45, 2.75) is 20.5 Å². The molecule has 0 saturated heterocycles. The fraction of sp³-hybridized carbons (Fsp3) is 0.214. The van der Waals surface area contributed by atoms with Gasteiger partial charge in [0, 0.05) is 0 Å². The number of nitrogens with zero attached hydrogens (tertiary/aromatic N) is 2. The average Bonchev–Trinajstić information content (AvgIpc) is 2.43. The summed E-state index contributed by atoms with van der Waals surface area (Å²) in [7, 11) is 0. The van der Waals surface area contributed by atoms with Crippen molar-refractivity contribution in [2.75, 3.05) is 0 Å². The van der Waals surface area contributed by atoms with Gasteiger partial charge in [0.25, 0.3) is 0 Å². The minimum atomic E-state index is -0.117. The molecule has 0 aliphatic rings. The zero-order valence-corrected chi connectivity index (χ0v) is 11.3. The molecule has 1 aromatic heterocycles. The molecule has 4 N–H and O–H groups in total. The van der Waals surface area contributed by atoms with Crippen molar-refractivity contribution in [3.8, 4) is 11.6 Å². The Labute approximate surface area is 116 Å². The Morgan fingerprint density at radius 1 is 1.35 bits per heavy atom. The van der Waals surface area contributed by atoms with Crippen LogP contribution < -0.4 is 10.5 Å². The highest BCUT2D eigenvalue weighted by Gasteiger charge is 2.15. The summed E-state index contributed by atoms with van der Waals surface area (Å²) in [6, 6.07) is 6.98. The molecule has 0 amide bonds. The second-order valence-electron chi connectivity index (χ2n) is 4.41. The van der Waals surface area contributed by atoms with Gasteiger partial charge in [-0.05, 0) is 37.1 Å². The number of nitrogen functional groups attached to an aromatic ring is 1. The molecule has 0 aliphatic carbocycles. The smallest absolute Gasteiger partial charge is 0.250 e. The molecule has 0 saturated carbocycles. The van der Waals surface area contributed by atoms with E-state index < -0.39 is 0 Å². The summed E-state index contributed by atoms with van der Waals surface area (Å²) in [4.78, 5) is 0. The first-order valence-electron chi connectivity index (χ1n) is 6.09. The summed E-state index contributed by atoms with van der Waals surface area (Å²) in [6.07, 6.45) is 0. The van der Waals surface area contributed by atoms with Crippen LogP contribution in [0.4, 0.5) is 0 Å². The van der Waals surface area contributed by atoms with Crippen LogP contribution in [0.1, 0.15) is 22.4 Å². The van der Waals surface area contributed by atoms with Crippen molar-refractivity contribution in [1.29, 1.82) is 5.41 Å². The van der Waals surface area contributed by atoms with Crippen LogP contribution in [-0.4, -0.2) is 21.1 Å². The highest BCUT2D eigenvalue weighted by Crippen LogP contribution is 2.26. The number of aliphatic hydroxyl groups excluding tert-OH is 1. The Hall–Kier alpha value is -2.47. The minimum absolute atomic E-state index is 0.0740. The predicted octanol–water partition coefficient (Wildman–Crippen LogP) is 1.66. The molecular formula is C14H16N4O2. The third-order valence-electron chi connectivity index (χ3n) is 2.99. The van der Waals surface area contributed by atoms with Crippen LogP contribution in [0.5, 0.6) is 11.6 Å². The Kier molecular flexibility index (Phi) is 3.95. The van der Waals surface area contributed by atoms with Crippen molar-refractivity contribution >= 4 is 5.84 Å². The van der Waals surface area contributed by atoms with E-state index in [1.54, 1.807) is 31.2 Å². The molecule has 0 aliphatic heterocycles. The van der Waals surface area contributed by atoms with E-state index in [0.717, 1.165) is 11.1 Å². The van der Waals surface area contributed by atoms with E-state index in [1.807, 2.05) is 6.92 Å². The van der Waals surface area contributed by atoms with E-state index in [0.29, 0.717) is 17.0 Å². The van der Waals surface area contributed by atoms with Gasteiger partial charge >= 0.3 is 0 Å². The van der Waals surface area contributed by atoms with Gasteiger partial charge in [-0.15, -0.1) is 5.10 Å². The standard InChI is InChI=1S/C14H16N4O2/c1-8-9(2)17-18-14(12(8)13(15)16)20-11-5-3-4-10(6-11)7-19/h3-6,19H,7H2,1-2H3,(H3,15,16). The molecule has 0 bridgehead atoms. The largest absolute Gasteiger partial charge is 0.437 e. The molecule has 0 fully saturated rings. The maximum absolute atomic E-state index is 9.11. The summed E-state index contributed by atoms with van der Waals surface area (Å²) < 4.78 is 5.64. The SMILES string of the molecule is Cc1nnc(Oc2cccc(CO)c2)c(C(=N)N)c1C. The predicted molar refractivity (Wildman–Crippen MR) is 75.0 cm³/mol. The molecular weight excluding hydrogens is 256 g/mol. The first-order chi connectivity index (χ1) is 9.52. The number of aliphatic hydroxyl groups is 1. The van der Waals surface area contributed by atoms with Crippen molar-refractivity contribution in [2.24, 2.45) is 5.73 Å². The molecule has 6 heteroatoms. The van der Waals surface area contributed by atoms with Gasteiger partial charge in [0.05, 0.1) is 17.9 Å². The van der Waals surface area contributed by atoms with Crippen molar-refractivity contribution in [1.82, 2.24) is 10.2 Å². The maximum atomic E-state index is 9.11. The van der Waals surface area contributed by atoms with E-state index in [2.05, 4.69) is 10.2 Å². The minimum Gasteiger partial charge on any atom is -0.437 e. The molecule has 2 aromatic rings. The van der Waals surface area contributed by atoms with Gasteiger partial charge in [0.1, 0.15) is 11.6 Å². The quantitative estimate of drug-likeness (QED) is 0.580.